The second kappa shape index (κ2) is 7.11. The molecule has 0 saturated heterocycles. The zero-order chi connectivity index (χ0) is 12.8. The number of aliphatic hydroxyl groups excluding tert-OH is 1. The van der Waals surface area contributed by atoms with Gasteiger partial charge in [0.25, 0.3) is 0 Å². The molecule has 0 radical (unpaired) electrons. The van der Waals surface area contributed by atoms with Crippen LogP contribution in [0.3, 0.4) is 0 Å². The second-order valence-electron chi connectivity index (χ2n) is 4.38. The van der Waals surface area contributed by atoms with Crippen LogP contribution in [0, 0.1) is 6.92 Å². The highest BCUT2D eigenvalue weighted by Gasteiger charge is 2.09. The van der Waals surface area contributed by atoms with Gasteiger partial charge >= 0.3 is 0 Å². The van der Waals surface area contributed by atoms with Crippen molar-refractivity contribution >= 4 is 15.9 Å². The van der Waals surface area contributed by atoms with E-state index in [-0.39, 0.29) is 0 Å². The Kier molecular flexibility index (Phi) is 6.12. The van der Waals surface area contributed by atoms with Crippen molar-refractivity contribution in [3.8, 4) is 0 Å². The topological polar surface area (TPSA) is 32.7 Å². The Hall–Kier alpha value is -0.420. The van der Waals surface area contributed by atoms with E-state index in [1.54, 1.807) is 7.11 Å². The average Bonchev–Trinajstić information content (AvgIpc) is 2.22. The first-order valence-corrected chi connectivity index (χ1v) is 6.42. The second-order valence-corrected chi connectivity index (χ2v) is 5.29. The van der Waals surface area contributed by atoms with Crippen molar-refractivity contribution in [3.63, 3.8) is 0 Å². The standard InChI is InChI=1S/C13H20BrNO2/c1-10-6-12(14)5-4-11(10)7-15(2)8-13(16)9-17-3/h4-6,13,16H,7-9H2,1-3H3. The van der Waals surface area contributed by atoms with Crippen molar-refractivity contribution in [2.75, 3.05) is 27.3 Å². The van der Waals surface area contributed by atoms with E-state index in [9.17, 15) is 5.11 Å². The molecule has 0 aliphatic heterocycles. The molecule has 4 heteroatoms. The maximum absolute atomic E-state index is 9.64. The maximum atomic E-state index is 9.64. The van der Waals surface area contributed by atoms with Crippen molar-refractivity contribution in [2.45, 2.75) is 19.6 Å². The minimum Gasteiger partial charge on any atom is -0.389 e. The van der Waals surface area contributed by atoms with Crippen LogP contribution in [0.5, 0.6) is 0 Å². The van der Waals surface area contributed by atoms with Crippen LogP contribution in [0.25, 0.3) is 0 Å². The normalized spacial score (nSPS) is 13.1. The van der Waals surface area contributed by atoms with Gasteiger partial charge in [0.15, 0.2) is 0 Å². The molecule has 1 aromatic carbocycles. The lowest BCUT2D eigenvalue weighted by atomic mass is 10.1. The van der Waals surface area contributed by atoms with Gasteiger partial charge in [0.2, 0.25) is 0 Å². The largest absolute Gasteiger partial charge is 0.389 e. The summed E-state index contributed by atoms with van der Waals surface area (Å²) in [6, 6.07) is 6.26. The van der Waals surface area contributed by atoms with Crippen molar-refractivity contribution in [2.24, 2.45) is 0 Å². The van der Waals surface area contributed by atoms with E-state index in [2.05, 4.69) is 39.9 Å². The molecule has 0 heterocycles. The van der Waals surface area contributed by atoms with Crippen molar-refractivity contribution in [3.05, 3.63) is 33.8 Å². The van der Waals surface area contributed by atoms with Gasteiger partial charge in [0.05, 0.1) is 12.7 Å². The van der Waals surface area contributed by atoms with Crippen LogP contribution in [0.2, 0.25) is 0 Å². The third-order valence-corrected chi connectivity index (χ3v) is 3.12. The van der Waals surface area contributed by atoms with E-state index >= 15 is 0 Å². The highest BCUT2D eigenvalue weighted by molar-refractivity contribution is 9.10. The van der Waals surface area contributed by atoms with E-state index in [1.165, 1.54) is 11.1 Å². The van der Waals surface area contributed by atoms with Crippen LogP contribution < -0.4 is 0 Å². The van der Waals surface area contributed by atoms with Gasteiger partial charge in [-0.15, -0.1) is 0 Å². The number of methoxy groups -OCH3 is 1. The molecule has 17 heavy (non-hydrogen) atoms. The highest BCUT2D eigenvalue weighted by atomic mass is 79.9. The average molecular weight is 302 g/mol. The molecule has 1 rings (SSSR count). The third-order valence-electron chi connectivity index (χ3n) is 2.63. The molecule has 0 amide bonds. The minimum absolute atomic E-state index is 0.379. The van der Waals surface area contributed by atoms with Gasteiger partial charge in [-0.1, -0.05) is 22.0 Å². The maximum Gasteiger partial charge on any atom is 0.0900 e. The Bertz CT molecular complexity index is 357. The molecule has 3 nitrogen and oxygen atoms in total. The lowest BCUT2D eigenvalue weighted by Gasteiger charge is -2.21. The number of hydrogen-bond donors (Lipinski definition) is 1. The van der Waals surface area contributed by atoms with Gasteiger partial charge in [-0.05, 0) is 37.2 Å². The van der Waals surface area contributed by atoms with Gasteiger partial charge in [0.1, 0.15) is 0 Å². The Morgan fingerprint density at radius 3 is 2.76 bits per heavy atom. The van der Waals surface area contributed by atoms with Gasteiger partial charge in [-0.2, -0.15) is 0 Å². The summed E-state index contributed by atoms with van der Waals surface area (Å²) in [5, 5.41) is 9.64. The summed E-state index contributed by atoms with van der Waals surface area (Å²) < 4.78 is 6.01. The summed E-state index contributed by atoms with van der Waals surface area (Å²) in [5.41, 5.74) is 2.53. The molecule has 1 unspecified atom stereocenters. The highest BCUT2D eigenvalue weighted by Crippen LogP contribution is 2.17. The van der Waals surface area contributed by atoms with Crippen molar-refractivity contribution in [1.29, 1.82) is 0 Å². The molecule has 0 fully saturated rings. The summed E-state index contributed by atoms with van der Waals surface area (Å²) in [5.74, 6) is 0. The van der Waals surface area contributed by atoms with E-state index < -0.39 is 6.10 Å². The van der Waals surface area contributed by atoms with Crippen LogP contribution >= 0.6 is 15.9 Å². The Balaban J connectivity index is 2.52. The van der Waals surface area contributed by atoms with Crippen LogP contribution in [-0.4, -0.2) is 43.4 Å². The lowest BCUT2D eigenvalue weighted by molar-refractivity contribution is 0.0418. The first-order chi connectivity index (χ1) is 8.02. The number of likely N-dealkylation sites (N-methyl/N-ethyl adjacent to an activating group) is 1. The molecule has 0 aromatic heterocycles. The monoisotopic (exact) mass is 301 g/mol. The molecule has 0 aliphatic carbocycles. The minimum atomic E-state index is -0.430. The zero-order valence-electron chi connectivity index (χ0n) is 10.6. The quantitative estimate of drug-likeness (QED) is 0.874. The van der Waals surface area contributed by atoms with Gasteiger partial charge in [-0.25, -0.2) is 0 Å². The zero-order valence-corrected chi connectivity index (χ0v) is 12.2. The Labute approximate surface area is 112 Å². The number of aryl methyl sites for hydroxylation is 1. The fourth-order valence-electron chi connectivity index (χ4n) is 1.80. The van der Waals surface area contributed by atoms with Crippen molar-refractivity contribution < 1.29 is 9.84 Å². The molecule has 0 aliphatic rings. The summed E-state index contributed by atoms with van der Waals surface area (Å²) in [6.45, 7) is 3.92. The number of aliphatic hydroxyl groups is 1. The number of rotatable bonds is 6. The fourth-order valence-corrected chi connectivity index (χ4v) is 2.27. The Morgan fingerprint density at radius 1 is 1.47 bits per heavy atom. The number of hydrogen-bond acceptors (Lipinski definition) is 3. The van der Waals surface area contributed by atoms with Crippen molar-refractivity contribution in [1.82, 2.24) is 4.90 Å². The first-order valence-electron chi connectivity index (χ1n) is 5.63. The fraction of sp³-hybridized carbons (Fsp3) is 0.538. The summed E-state index contributed by atoms with van der Waals surface area (Å²) >= 11 is 3.45. The molecule has 1 N–H and O–H groups in total. The molecular formula is C13H20BrNO2. The van der Waals surface area contributed by atoms with Crippen LogP contribution in [0.1, 0.15) is 11.1 Å². The van der Waals surface area contributed by atoms with Crippen LogP contribution in [0.4, 0.5) is 0 Å². The van der Waals surface area contributed by atoms with E-state index in [1.807, 2.05) is 13.1 Å². The Morgan fingerprint density at radius 2 is 2.18 bits per heavy atom. The number of benzene rings is 1. The number of nitrogens with zero attached hydrogens (tertiary/aromatic N) is 1. The summed E-state index contributed by atoms with van der Waals surface area (Å²) in [4.78, 5) is 2.10. The van der Waals surface area contributed by atoms with E-state index in [4.69, 9.17) is 4.74 Å². The summed E-state index contributed by atoms with van der Waals surface area (Å²) in [7, 11) is 3.60. The molecule has 0 saturated carbocycles. The molecule has 0 bridgehead atoms. The lowest BCUT2D eigenvalue weighted by Crippen LogP contribution is -2.31. The predicted octanol–water partition coefficient (Wildman–Crippen LogP) is 2.20. The molecule has 1 aromatic rings. The van der Waals surface area contributed by atoms with E-state index in [0.29, 0.717) is 13.2 Å². The number of ether oxygens (including phenoxy) is 1. The number of halogens is 1. The van der Waals surface area contributed by atoms with Gasteiger partial charge < -0.3 is 9.84 Å². The predicted molar refractivity (Wildman–Crippen MR) is 73.1 cm³/mol. The van der Waals surface area contributed by atoms with Crippen LogP contribution in [0.15, 0.2) is 22.7 Å². The van der Waals surface area contributed by atoms with E-state index in [0.717, 1.165) is 11.0 Å². The molecule has 1 atom stereocenters. The smallest absolute Gasteiger partial charge is 0.0900 e. The van der Waals surface area contributed by atoms with Gasteiger partial charge in [-0.3, -0.25) is 4.90 Å². The van der Waals surface area contributed by atoms with Crippen LogP contribution in [-0.2, 0) is 11.3 Å². The third kappa shape index (κ3) is 5.17. The first kappa shape index (κ1) is 14.6. The SMILES string of the molecule is COCC(O)CN(C)Cc1ccc(Br)cc1C. The molecule has 0 spiro atoms. The van der Waals surface area contributed by atoms with Gasteiger partial charge in [0, 0.05) is 24.7 Å². The molecular weight excluding hydrogens is 282 g/mol. The summed E-state index contributed by atoms with van der Waals surface area (Å²) in [6.07, 6.45) is -0.430. The molecule has 96 valence electrons.